The van der Waals surface area contributed by atoms with Crippen LogP contribution >= 0.6 is 0 Å². The molecule has 6 heteroatoms. The van der Waals surface area contributed by atoms with Gasteiger partial charge >= 0.3 is 0 Å². The molecule has 0 aromatic carbocycles. The molecule has 1 atom stereocenters. The van der Waals surface area contributed by atoms with E-state index in [1.165, 1.54) is 6.42 Å². The molecule has 1 amide bonds. The second-order valence-corrected chi connectivity index (χ2v) is 7.75. The first kappa shape index (κ1) is 18.1. The lowest BCUT2D eigenvalue weighted by Gasteiger charge is -2.38. The first-order valence-electron chi connectivity index (χ1n) is 9.52. The van der Waals surface area contributed by atoms with Gasteiger partial charge in [0.25, 0.3) is 5.56 Å². The summed E-state index contributed by atoms with van der Waals surface area (Å²) in [7, 11) is 0. The molecule has 2 aliphatic heterocycles. The van der Waals surface area contributed by atoms with Crippen molar-refractivity contribution in [2.45, 2.75) is 46.1 Å². The highest BCUT2D eigenvalue weighted by Gasteiger charge is 2.26. The van der Waals surface area contributed by atoms with Crippen LogP contribution in [-0.4, -0.2) is 58.0 Å². The zero-order valence-electron chi connectivity index (χ0n) is 15.5. The van der Waals surface area contributed by atoms with Gasteiger partial charge in [-0.25, -0.2) is 4.98 Å². The molecule has 0 spiro atoms. The second kappa shape index (κ2) is 8.13. The SMILES string of the molecule is CC(=O)N1CCCC(CN2CCC(Cn3cncc(C)c3=O)CC2)C1. The Morgan fingerprint density at radius 1 is 1.16 bits per heavy atom. The van der Waals surface area contributed by atoms with Crippen molar-refractivity contribution in [3.05, 3.63) is 28.4 Å². The van der Waals surface area contributed by atoms with Gasteiger partial charge in [-0.2, -0.15) is 0 Å². The molecule has 138 valence electrons. The fraction of sp³-hybridized carbons (Fsp3) is 0.737. The zero-order chi connectivity index (χ0) is 17.8. The van der Waals surface area contributed by atoms with E-state index in [-0.39, 0.29) is 11.5 Å². The topological polar surface area (TPSA) is 58.4 Å². The highest BCUT2D eigenvalue weighted by molar-refractivity contribution is 5.73. The van der Waals surface area contributed by atoms with E-state index in [0.717, 1.165) is 58.5 Å². The van der Waals surface area contributed by atoms with Crippen LogP contribution in [0.3, 0.4) is 0 Å². The number of nitrogens with zero attached hydrogens (tertiary/aromatic N) is 4. The van der Waals surface area contributed by atoms with E-state index in [1.54, 1.807) is 24.0 Å². The van der Waals surface area contributed by atoms with E-state index in [2.05, 4.69) is 9.88 Å². The largest absolute Gasteiger partial charge is 0.343 e. The Hall–Kier alpha value is -1.69. The molecule has 0 saturated carbocycles. The fourth-order valence-electron chi connectivity index (χ4n) is 4.18. The predicted octanol–water partition coefficient (Wildman–Crippen LogP) is 1.52. The number of carbonyl (C=O) groups is 1. The van der Waals surface area contributed by atoms with Crippen LogP contribution in [0.1, 0.15) is 38.2 Å². The van der Waals surface area contributed by atoms with Crippen molar-refractivity contribution in [1.82, 2.24) is 19.4 Å². The van der Waals surface area contributed by atoms with E-state index in [0.29, 0.717) is 17.4 Å². The van der Waals surface area contributed by atoms with Crippen LogP contribution in [0.2, 0.25) is 0 Å². The van der Waals surface area contributed by atoms with Crippen molar-refractivity contribution in [3.63, 3.8) is 0 Å². The standard InChI is InChI=1S/C19H30N4O2/c1-15-10-20-14-23(19(15)25)12-17-5-8-21(9-6-17)11-18-4-3-7-22(13-18)16(2)24/h10,14,17-18H,3-9,11-13H2,1-2H3. The molecule has 1 aromatic rings. The Labute approximate surface area is 149 Å². The summed E-state index contributed by atoms with van der Waals surface area (Å²) in [6, 6.07) is 0. The van der Waals surface area contributed by atoms with Crippen LogP contribution < -0.4 is 5.56 Å². The minimum atomic E-state index is 0.0870. The molecule has 1 unspecified atom stereocenters. The van der Waals surface area contributed by atoms with Gasteiger partial charge in [-0.15, -0.1) is 0 Å². The Kier molecular flexibility index (Phi) is 5.89. The monoisotopic (exact) mass is 346 g/mol. The van der Waals surface area contributed by atoms with Crippen LogP contribution in [0.4, 0.5) is 0 Å². The Bertz CT molecular complexity index is 649. The van der Waals surface area contributed by atoms with Gasteiger partial charge in [-0.05, 0) is 57.5 Å². The van der Waals surface area contributed by atoms with Crippen LogP contribution in [-0.2, 0) is 11.3 Å². The molecule has 0 bridgehead atoms. The molecule has 0 radical (unpaired) electrons. The summed E-state index contributed by atoms with van der Waals surface area (Å²) in [5.41, 5.74) is 0.802. The number of hydrogen-bond donors (Lipinski definition) is 0. The smallest absolute Gasteiger partial charge is 0.256 e. The lowest BCUT2D eigenvalue weighted by molar-refractivity contribution is -0.130. The normalized spacial score (nSPS) is 23.0. The lowest BCUT2D eigenvalue weighted by atomic mass is 9.93. The molecule has 2 aliphatic rings. The van der Waals surface area contributed by atoms with Gasteiger partial charge in [0, 0.05) is 44.9 Å². The second-order valence-electron chi connectivity index (χ2n) is 7.75. The van der Waals surface area contributed by atoms with Gasteiger partial charge in [0.15, 0.2) is 0 Å². The van der Waals surface area contributed by atoms with Crippen LogP contribution in [0.15, 0.2) is 17.3 Å². The van der Waals surface area contributed by atoms with Crippen molar-refractivity contribution in [2.75, 3.05) is 32.7 Å². The Morgan fingerprint density at radius 2 is 1.92 bits per heavy atom. The molecule has 0 N–H and O–H groups in total. The number of aromatic nitrogens is 2. The number of piperidine rings is 2. The maximum absolute atomic E-state index is 12.1. The van der Waals surface area contributed by atoms with E-state index in [4.69, 9.17) is 0 Å². The Morgan fingerprint density at radius 3 is 2.64 bits per heavy atom. The molecule has 0 aliphatic carbocycles. The number of rotatable bonds is 4. The summed E-state index contributed by atoms with van der Waals surface area (Å²) in [6.45, 7) is 9.40. The third kappa shape index (κ3) is 4.69. The van der Waals surface area contributed by atoms with Crippen molar-refractivity contribution >= 4 is 5.91 Å². The van der Waals surface area contributed by atoms with Crippen LogP contribution in [0.5, 0.6) is 0 Å². The summed E-state index contributed by atoms with van der Waals surface area (Å²) in [5, 5.41) is 0. The summed E-state index contributed by atoms with van der Waals surface area (Å²) < 4.78 is 1.77. The van der Waals surface area contributed by atoms with Crippen LogP contribution in [0.25, 0.3) is 0 Å². The number of carbonyl (C=O) groups excluding carboxylic acids is 1. The quantitative estimate of drug-likeness (QED) is 0.829. The predicted molar refractivity (Wildman–Crippen MR) is 97.4 cm³/mol. The zero-order valence-corrected chi connectivity index (χ0v) is 15.5. The Balaban J connectivity index is 1.46. The highest BCUT2D eigenvalue weighted by Crippen LogP contribution is 2.23. The van der Waals surface area contributed by atoms with Gasteiger partial charge < -0.3 is 9.80 Å². The minimum absolute atomic E-state index is 0.0870. The molecular formula is C19H30N4O2. The minimum Gasteiger partial charge on any atom is -0.343 e. The summed E-state index contributed by atoms with van der Waals surface area (Å²) in [4.78, 5) is 32.4. The molecule has 6 nitrogen and oxygen atoms in total. The maximum atomic E-state index is 12.1. The van der Waals surface area contributed by atoms with E-state index < -0.39 is 0 Å². The first-order valence-corrected chi connectivity index (χ1v) is 9.52. The van der Waals surface area contributed by atoms with Crippen molar-refractivity contribution in [1.29, 1.82) is 0 Å². The van der Waals surface area contributed by atoms with Gasteiger partial charge in [0.2, 0.25) is 5.91 Å². The summed E-state index contributed by atoms with van der Waals surface area (Å²) >= 11 is 0. The molecule has 1 aromatic heterocycles. The van der Waals surface area contributed by atoms with Gasteiger partial charge in [0.1, 0.15) is 0 Å². The van der Waals surface area contributed by atoms with Gasteiger partial charge in [-0.3, -0.25) is 14.2 Å². The number of likely N-dealkylation sites (tertiary alicyclic amines) is 2. The summed E-state index contributed by atoms with van der Waals surface area (Å²) in [5.74, 6) is 1.37. The van der Waals surface area contributed by atoms with E-state index in [9.17, 15) is 9.59 Å². The fourth-order valence-corrected chi connectivity index (χ4v) is 4.18. The molecule has 25 heavy (non-hydrogen) atoms. The number of hydrogen-bond acceptors (Lipinski definition) is 4. The maximum Gasteiger partial charge on any atom is 0.256 e. The number of amides is 1. The van der Waals surface area contributed by atoms with Crippen molar-refractivity contribution in [3.8, 4) is 0 Å². The molecule has 2 fully saturated rings. The van der Waals surface area contributed by atoms with Crippen molar-refractivity contribution < 1.29 is 4.79 Å². The highest BCUT2D eigenvalue weighted by atomic mass is 16.2. The summed E-state index contributed by atoms with van der Waals surface area (Å²) in [6.07, 6.45) is 7.92. The molecule has 3 rings (SSSR count). The molecule has 3 heterocycles. The molecule has 2 saturated heterocycles. The van der Waals surface area contributed by atoms with Crippen molar-refractivity contribution in [2.24, 2.45) is 11.8 Å². The van der Waals surface area contributed by atoms with Gasteiger partial charge in [0.05, 0.1) is 6.33 Å². The third-order valence-electron chi connectivity index (χ3n) is 5.72. The van der Waals surface area contributed by atoms with E-state index >= 15 is 0 Å². The van der Waals surface area contributed by atoms with Crippen LogP contribution in [0, 0.1) is 18.8 Å². The number of aryl methyl sites for hydroxylation is 1. The van der Waals surface area contributed by atoms with E-state index in [1.807, 2.05) is 11.8 Å². The molecular weight excluding hydrogens is 316 g/mol. The first-order chi connectivity index (χ1) is 12.0. The lowest BCUT2D eigenvalue weighted by Crippen LogP contribution is -2.45. The third-order valence-corrected chi connectivity index (χ3v) is 5.72. The van der Waals surface area contributed by atoms with Gasteiger partial charge in [-0.1, -0.05) is 0 Å². The average Bonchev–Trinajstić information content (AvgIpc) is 2.61. The average molecular weight is 346 g/mol.